The Balaban J connectivity index is 1.67. The van der Waals surface area contributed by atoms with E-state index in [0.29, 0.717) is 12.4 Å². The molecule has 0 saturated heterocycles. The number of carbonyl (C=O) groups is 2. The van der Waals surface area contributed by atoms with Crippen LogP contribution in [0.25, 0.3) is 5.69 Å². The zero-order chi connectivity index (χ0) is 23.1. The van der Waals surface area contributed by atoms with Gasteiger partial charge in [-0.3, -0.25) is 4.79 Å². The van der Waals surface area contributed by atoms with Crippen molar-refractivity contribution in [3.63, 3.8) is 0 Å². The molecule has 11 heteroatoms. The van der Waals surface area contributed by atoms with Crippen molar-refractivity contribution in [1.82, 2.24) is 14.8 Å². The van der Waals surface area contributed by atoms with Crippen LogP contribution in [-0.2, 0) is 15.7 Å². The molecule has 0 aliphatic rings. The van der Waals surface area contributed by atoms with Crippen molar-refractivity contribution in [2.45, 2.75) is 6.18 Å². The fourth-order valence-corrected chi connectivity index (χ4v) is 2.59. The molecule has 0 aliphatic carbocycles. The number of hydrogen-bond acceptors (Lipinski definition) is 6. The summed E-state index contributed by atoms with van der Waals surface area (Å²) in [4.78, 5) is 28.1. The average Bonchev–Trinajstić information content (AvgIpc) is 3.30. The number of ether oxygens (including phenoxy) is 2. The largest absolute Gasteiger partial charge is 0.490 e. The van der Waals surface area contributed by atoms with Gasteiger partial charge < -0.3 is 14.8 Å². The molecule has 0 saturated carbocycles. The first kappa shape index (κ1) is 22.5. The number of hydrogen-bond donors (Lipinski definition) is 1. The third-order valence-corrected chi connectivity index (χ3v) is 4.06. The third-order valence-electron chi connectivity index (χ3n) is 4.06. The summed E-state index contributed by atoms with van der Waals surface area (Å²) >= 11 is 0. The van der Waals surface area contributed by atoms with Gasteiger partial charge in [0.25, 0.3) is 5.91 Å². The van der Waals surface area contributed by atoms with Gasteiger partial charge in [-0.15, -0.1) is 0 Å². The van der Waals surface area contributed by atoms with E-state index in [9.17, 15) is 22.8 Å². The Kier molecular flexibility index (Phi) is 6.88. The summed E-state index contributed by atoms with van der Waals surface area (Å²) in [7, 11) is 0. The smallest absolute Gasteiger partial charge is 0.416 e. The number of aromatic nitrogens is 3. The molecular weight excluding hydrogens is 429 g/mol. The van der Waals surface area contributed by atoms with Gasteiger partial charge in [-0.2, -0.15) is 18.3 Å². The summed E-state index contributed by atoms with van der Waals surface area (Å²) in [5, 5.41) is 6.17. The molecule has 32 heavy (non-hydrogen) atoms. The Labute approximate surface area is 180 Å². The van der Waals surface area contributed by atoms with E-state index in [2.05, 4.69) is 22.0 Å². The second-order valence-corrected chi connectivity index (χ2v) is 6.32. The Morgan fingerprint density at radius 3 is 2.53 bits per heavy atom. The van der Waals surface area contributed by atoms with Crippen LogP contribution in [0.3, 0.4) is 0 Å². The van der Waals surface area contributed by atoms with Crippen LogP contribution in [0.1, 0.15) is 15.9 Å². The number of esters is 1. The Hall–Kier alpha value is -4.15. The van der Waals surface area contributed by atoms with E-state index >= 15 is 0 Å². The average molecular weight is 446 g/mol. The number of nitrogens with zero attached hydrogens (tertiary/aromatic N) is 3. The Morgan fingerprint density at radius 2 is 1.91 bits per heavy atom. The van der Waals surface area contributed by atoms with E-state index in [4.69, 9.17) is 9.47 Å². The number of halogens is 3. The van der Waals surface area contributed by atoms with Gasteiger partial charge in [0.1, 0.15) is 25.0 Å². The number of alkyl halides is 3. The lowest BCUT2D eigenvalue weighted by atomic mass is 10.1. The molecule has 0 fully saturated rings. The molecule has 3 aromatic rings. The molecule has 2 aromatic carbocycles. The molecule has 1 heterocycles. The Morgan fingerprint density at radius 1 is 1.16 bits per heavy atom. The first-order chi connectivity index (χ1) is 15.3. The van der Waals surface area contributed by atoms with E-state index in [1.807, 2.05) is 0 Å². The molecule has 0 spiro atoms. The molecule has 1 N–H and O–H groups in total. The van der Waals surface area contributed by atoms with Crippen molar-refractivity contribution in [2.24, 2.45) is 0 Å². The van der Waals surface area contributed by atoms with E-state index < -0.39 is 30.2 Å². The van der Waals surface area contributed by atoms with E-state index in [0.717, 1.165) is 18.2 Å². The standard InChI is InChI=1S/C21H17F3N4O4/c1-2-9-31-16-6-3-14(4-7-16)20(30)32-11-19(29)27-17-10-15(21(22,23)24)5-8-18(17)28-13-25-12-26-28/h2-8,10,12-13H,1,9,11H2,(H,27,29). The quantitative estimate of drug-likeness (QED) is 0.419. The van der Waals surface area contributed by atoms with Gasteiger partial charge in [0.05, 0.1) is 22.5 Å². The van der Waals surface area contributed by atoms with Crippen LogP contribution in [0.4, 0.5) is 18.9 Å². The molecule has 3 rings (SSSR count). The fraction of sp³-hybridized carbons (Fsp3) is 0.143. The number of benzene rings is 2. The molecule has 0 unspecified atom stereocenters. The van der Waals surface area contributed by atoms with Gasteiger partial charge in [-0.25, -0.2) is 14.5 Å². The predicted octanol–water partition coefficient (Wildman–Crippen LogP) is 3.65. The third kappa shape index (κ3) is 5.72. The maximum Gasteiger partial charge on any atom is 0.416 e. The summed E-state index contributed by atoms with van der Waals surface area (Å²) in [5.74, 6) is -1.09. The van der Waals surface area contributed by atoms with Gasteiger partial charge in [-0.1, -0.05) is 12.7 Å². The van der Waals surface area contributed by atoms with E-state index in [1.165, 1.54) is 29.5 Å². The van der Waals surface area contributed by atoms with Crippen molar-refractivity contribution < 1.29 is 32.2 Å². The molecule has 0 bridgehead atoms. The van der Waals surface area contributed by atoms with Gasteiger partial charge >= 0.3 is 12.1 Å². The first-order valence-corrected chi connectivity index (χ1v) is 9.15. The number of carbonyl (C=O) groups excluding carboxylic acids is 2. The summed E-state index contributed by atoms with van der Waals surface area (Å²) in [5.41, 5.74) is -0.807. The topological polar surface area (TPSA) is 95.3 Å². The summed E-state index contributed by atoms with van der Waals surface area (Å²) in [6.45, 7) is 3.12. The molecule has 1 amide bonds. The minimum absolute atomic E-state index is 0.158. The molecule has 0 radical (unpaired) electrons. The maximum atomic E-state index is 13.1. The highest BCUT2D eigenvalue weighted by atomic mass is 19.4. The monoisotopic (exact) mass is 446 g/mol. The van der Waals surface area contributed by atoms with Gasteiger partial charge in [0.15, 0.2) is 6.61 Å². The van der Waals surface area contributed by atoms with Crippen LogP contribution >= 0.6 is 0 Å². The molecule has 166 valence electrons. The van der Waals surface area contributed by atoms with Gasteiger partial charge in [0.2, 0.25) is 0 Å². The number of nitrogens with one attached hydrogen (secondary N) is 1. The highest BCUT2D eigenvalue weighted by molar-refractivity contribution is 5.96. The van der Waals surface area contributed by atoms with Crippen LogP contribution in [0.15, 0.2) is 67.8 Å². The Bertz CT molecular complexity index is 1100. The van der Waals surface area contributed by atoms with Gasteiger partial charge in [0, 0.05) is 0 Å². The minimum atomic E-state index is -4.62. The van der Waals surface area contributed by atoms with Crippen molar-refractivity contribution in [1.29, 1.82) is 0 Å². The highest BCUT2D eigenvalue weighted by Gasteiger charge is 2.31. The lowest BCUT2D eigenvalue weighted by Crippen LogP contribution is -2.22. The summed E-state index contributed by atoms with van der Waals surface area (Å²) in [6, 6.07) is 8.77. The zero-order valence-electron chi connectivity index (χ0n) is 16.5. The molecule has 0 atom stereocenters. The second-order valence-electron chi connectivity index (χ2n) is 6.32. The minimum Gasteiger partial charge on any atom is -0.490 e. The van der Waals surface area contributed by atoms with E-state index in [-0.39, 0.29) is 16.9 Å². The predicted molar refractivity (Wildman–Crippen MR) is 107 cm³/mol. The zero-order valence-corrected chi connectivity index (χ0v) is 16.5. The normalized spacial score (nSPS) is 11.0. The number of rotatable bonds is 8. The summed E-state index contributed by atoms with van der Waals surface area (Å²) in [6.07, 6.45) is -0.590. The second kappa shape index (κ2) is 9.77. The van der Waals surface area contributed by atoms with Crippen LogP contribution in [-0.4, -0.2) is 39.9 Å². The van der Waals surface area contributed by atoms with Crippen molar-refractivity contribution in [3.8, 4) is 11.4 Å². The maximum absolute atomic E-state index is 13.1. The van der Waals surface area contributed by atoms with Crippen LogP contribution in [0.2, 0.25) is 0 Å². The molecule has 0 aliphatic heterocycles. The van der Waals surface area contributed by atoms with Gasteiger partial charge in [-0.05, 0) is 42.5 Å². The SMILES string of the molecule is C=CCOc1ccc(C(=O)OCC(=O)Nc2cc(C(F)(F)F)ccc2-n2cncn2)cc1. The summed E-state index contributed by atoms with van der Waals surface area (Å²) < 4.78 is 50.7. The number of amides is 1. The van der Waals surface area contributed by atoms with Crippen molar-refractivity contribution in [3.05, 3.63) is 78.9 Å². The lowest BCUT2D eigenvalue weighted by Gasteiger charge is -2.14. The van der Waals surface area contributed by atoms with Crippen molar-refractivity contribution in [2.75, 3.05) is 18.5 Å². The van der Waals surface area contributed by atoms with E-state index in [1.54, 1.807) is 18.2 Å². The van der Waals surface area contributed by atoms with Crippen LogP contribution in [0, 0.1) is 0 Å². The van der Waals surface area contributed by atoms with Crippen molar-refractivity contribution >= 4 is 17.6 Å². The highest BCUT2D eigenvalue weighted by Crippen LogP contribution is 2.33. The molecular formula is C21H17F3N4O4. The molecule has 8 nitrogen and oxygen atoms in total. The number of anilines is 1. The first-order valence-electron chi connectivity index (χ1n) is 9.15. The van der Waals surface area contributed by atoms with Crippen LogP contribution < -0.4 is 10.1 Å². The molecule has 1 aromatic heterocycles. The fourth-order valence-electron chi connectivity index (χ4n) is 2.59. The lowest BCUT2D eigenvalue weighted by molar-refractivity contribution is -0.137. The van der Waals surface area contributed by atoms with Crippen LogP contribution in [0.5, 0.6) is 5.75 Å².